The van der Waals surface area contributed by atoms with Gasteiger partial charge < -0.3 is 24.3 Å². The molecule has 164 valence electrons. The molecule has 0 aromatic carbocycles. The summed E-state index contributed by atoms with van der Waals surface area (Å²) in [6, 6.07) is 4.27. The number of guanidine groups is 1. The molecule has 1 amide bonds. The standard InChI is InChI=1S/C21H34N4O3.HI/c1-3-17(2)23-21(22-9-6-19-5-4-14-28-19)25-10-7-18(8-11-25)20(26)24-12-15-27-16-13-24;/h4-5,14,17-18H,3,6-13,15-16H2,1-2H3,(H,22,23);1H. The van der Waals surface area contributed by atoms with Crippen molar-refractivity contribution in [3.8, 4) is 0 Å². The maximum atomic E-state index is 12.8. The number of carbonyl (C=O) groups excluding carboxylic acids is 1. The third kappa shape index (κ3) is 7.16. The van der Waals surface area contributed by atoms with Crippen LogP contribution in [0.4, 0.5) is 0 Å². The van der Waals surface area contributed by atoms with E-state index in [1.807, 2.05) is 17.0 Å². The average Bonchev–Trinajstić information content (AvgIpc) is 3.26. The maximum absolute atomic E-state index is 12.8. The molecular formula is C21H35IN4O3. The number of halogens is 1. The van der Waals surface area contributed by atoms with Crippen molar-refractivity contribution >= 4 is 35.8 Å². The molecule has 2 saturated heterocycles. The Labute approximate surface area is 191 Å². The van der Waals surface area contributed by atoms with E-state index >= 15 is 0 Å². The number of piperidine rings is 1. The van der Waals surface area contributed by atoms with Gasteiger partial charge in [0.25, 0.3) is 0 Å². The lowest BCUT2D eigenvalue weighted by atomic mass is 9.95. The van der Waals surface area contributed by atoms with Crippen LogP contribution in [0.15, 0.2) is 27.8 Å². The molecule has 1 aromatic heterocycles. The Morgan fingerprint density at radius 1 is 1.24 bits per heavy atom. The number of hydrogen-bond donors (Lipinski definition) is 1. The van der Waals surface area contributed by atoms with Crippen LogP contribution in [0.1, 0.15) is 38.9 Å². The van der Waals surface area contributed by atoms with Gasteiger partial charge in [-0.3, -0.25) is 9.79 Å². The van der Waals surface area contributed by atoms with E-state index in [4.69, 9.17) is 14.1 Å². The van der Waals surface area contributed by atoms with Gasteiger partial charge in [0.2, 0.25) is 5.91 Å². The van der Waals surface area contributed by atoms with Gasteiger partial charge in [-0.2, -0.15) is 0 Å². The molecule has 2 aliphatic rings. The minimum Gasteiger partial charge on any atom is -0.469 e. The fourth-order valence-corrected chi connectivity index (χ4v) is 3.67. The largest absolute Gasteiger partial charge is 0.469 e. The number of amides is 1. The van der Waals surface area contributed by atoms with E-state index < -0.39 is 0 Å². The molecule has 1 aromatic rings. The second-order valence-electron chi connectivity index (χ2n) is 7.69. The topological polar surface area (TPSA) is 70.3 Å². The van der Waals surface area contributed by atoms with Crippen molar-refractivity contribution in [3.63, 3.8) is 0 Å². The molecule has 0 bridgehead atoms. The highest BCUT2D eigenvalue weighted by atomic mass is 127. The van der Waals surface area contributed by atoms with E-state index in [9.17, 15) is 4.79 Å². The Kier molecular flexibility index (Phi) is 10.3. The summed E-state index contributed by atoms with van der Waals surface area (Å²) in [7, 11) is 0. The highest BCUT2D eigenvalue weighted by Gasteiger charge is 2.30. The lowest BCUT2D eigenvalue weighted by Crippen LogP contribution is -2.51. The zero-order chi connectivity index (χ0) is 19.8. The van der Waals surface area contributed by atoms with Gasteiger partial charge in [-0.25, -0.2) is 0 Å². The number of hydrogen-bond acceptors (Lipinski definition) is 4. The summed E-state index contributed by atoms with van der Waals surface area (Å²) >= 11 is 0. The van der Waals surface area contributed by atoms with Gasteiger partial charge in [0.1, 0.15) is 5.76 Å². The van der Waals surface area contributed by atoms with Gasteiger partial charge in [-0.05, 0) is 38.3 Å². The lowest BCUT2D eigenvalue weighted by Gasteiger charge is -2.37. The molecule has 1 N–H and O–H groups in total. The normalized spacial score (nSPS) is 19.6. The van der Waals surface area contributed by atoms with E-state index in [1.54, 1.807) is 6.26 Å². The number of furan rings is 1. The number of nitrogens with zero attached hydrogens (tertiary/aromatic N) is 3. The molecule has 7 nitrogen and oxygen atoms in total. The number of nitrogens with one attached hydrogen (secondary N) is 1. The molecule has 3 heterocycles. The van der Waals surface area contributed by atoms with E-state index in [0.29, 0.717) is 31.7 Å². The summed E-state index contributed by atoms with van der Waals surface area (Å²) in [5, 5.41) is 3.56. The summed E-state index contributed by atoms with van der Waals surface area (Å²) in [4.78, 5) is 21.9. The van der Waals surface area contributed by atoms with E-state index in [2.05, 4.69) is 24.1 Å². The SMILES string of the molecule is CCC(C)NC(=NCCc1ccco1)N1CCC(C(=O)N2CCOCC2)CC1.I. The van der Waals surface area contributed by atoms with E-state index in [1.165, 1.54) is 0 Å². The second-order valence-corrected chi connectivity index (χ2v) is 7.69. The number of ether oxygens (including phenoxy) is 1. The van der Waals surface area contributed by atoms with Crippen molar-refractivity contribution in [1.82, 2.24) is 15.1 Å². The van der Waals surface area contributed by atoms with E-state index in [0.717, 1.165) is 63.6 Å². The summed E-state index contributed by atoms with van der Waals surface area (Å²) in [6.07, 6.45) is 5.31. The van der Waals surface area contributed by atoms with Gasteiger partial charge in [-0.1, -0.05) is 6.92 Å². The quantitative estimate of drug-likeness (QED) is 0.357. The molecule has 1 atom stereocenters. The van der Waals surface area contributed by atoms with Gasteiger partial charge in [-0.15, -0.1) is 24.0 Å². The molecule has 0 aliphatic carbocycles. The van der Waals surface area contributed by atoms with Crippen LogP contribution in [-0.2, 0) is 16.0 Å². The first-order valence-corrected chi connectivity index (χ1v) is 10.6. The van der Waals surface area contributed by atoms with Crippen LogP contribution in [0, 0.1) is 5.92 Å². The number of morpholine rings is 1. The van der Waals surface area contributed by atoms with Crippen molar-refractivity contribution in [2.75, 3.05) is 45.9 Å². The monoisotopic (exact) mass is 518 g/mol. The van der Waals surface area contributed by atoms with Crippen LogP contribution in [0.3, 0.4) is 0 Å². The summed E-state index contributed by atoms with van der Waals surface area (Å²) in [6.45, 7) is 9.56. The number of likely N-dealkylation sites (tertiary alicyclic amines) is 1. The third-order valence-corrected chi connectivity index (χ3v) is 5.65. The Morgan fingerprint density at radius 3 is 2.59 bits per heavy atom. The molecule has 1 unspecified atom stereocenters. The second kappa shape index (κ2) is 12.4. The zero-order valence-corrected chi connectivity index (χ0v) is 20.0. The summed E-state index contributed by atoms with van der Waals surface area (Å²) in [5.41, 5.74) is 0. The third-order valence-electron chi connectivity index (χ3n) is 5.65. The fraction of sp³-hybridized carbons (Fsp3) is 0.714. The first-order chi connectivity index (χ1) is 13.7. The Hall–Kier alpha value is -1.29. The predicted octanol–water partition coefficient (Wildman–Crippen LogP) is 2.76. The van der Waals surface area contributed by atoms with Crippen LogP contribution in [0.2, 0.25) is 0 Å². The zero-order valence-electron chi connectivity index (χ0n) is 17.6. The van der Waals surface area contributed by atoms with Gasteiger partial charge in [0.05, 0.1) is 19.5 Å². The molecule has 8 heteroatoms. The smallest absolute Gasteiger partial charge is 0.225 e. The molecule has 0 saturated carbocycles. The molecule has 0 radical (unpaired) electrons. The highest BCUT2D eigenvalue weighted by Crippen LogP contribution is 2.20. The van der Waals surface area contributed by atoms with Crippen LogP contribution >= 0.6 is 24.0 Å². The fourth-order valence-electron chi connectivity index (χ4n) is 3.67. The molecule has 29 heavy (non-hydrogen) atoms. The molecular weight excluding hydrogens is 483 g/mol. The Bertz CT molecular complexity index is 624. The summed E-state index contributed by atoms with van der Waals surface area (Å²) < 4.78 is 10.8. The van der Waals surface area contributed by atoms with Crippen LogP contribution in [0.25, 0.3) is 0 Å². The summed E-state index contributed by atoms with van der Waals surface area (Å²) in [5.74, 6) is 2.34. The van der Waals surface area contributed by atoms with Gasteiger partial charge >= 0.3 is 0 Å². The molecule has 3 rings (SSSR count). The number of carbonyl (C=O) groups is 1. The molecule has 2 fully saturated rings. The minimum atomic E-state index is 0. The van der Waals surface area contributed by atoms with Crippen molar-refractivity contribution in [2.24, 2.45) is 10.9 Å². The van der Waals surface area contributed by atoms with Crippen molar-refractivity contribution in [3.05, 3.63) is 24.2 Å². The minimum absolute atomic E-state index is 0. The molecule has 0 spiro atoms. The number of aliphatic imine (C=N–C) groups is 1. The Balaban J connectivity index is 0.00000300. The van der Waals surface area contributed by atoms with Crippen LogP contribution < -0.4 is 5.32 Å². The first kappa shape index (κ1) is 24.0. The van der Waals surface area contributed by atoms with E-state index in [-0.39, 0.29) is 29.9 Å². The van der Waals surface area contributed by atoms with Crippen molar-refractivity contribution in [2.45, 2.75) is 45.6 Å². The van der Waals surface area contributed by atoms with Crippen LogP contribution in [0.5, 0.6) is 0 Å². The van der Waals surface area contributed by atoms with Gasteiger partial charge in [0.15, 0.2) is 5.96 Å². The van der Waals surface area contributed by atoms with Crippen molar-refractivity contribution in [1.29, 1.82) is 0 Å². The van der Waals surface area contributed by atoms with Gasteiger partial charge in [0, 0.05) is 51.1 Å². The van der Waals surface area contributed by atoms with Crippen molar-refractivity contribution < 1.29 is 13.9 Å². The highest BCUT2D eigenvalue weighted by molar-refractivity contribution is 14.0. The first-order valence-electron chi connectivity index (χ1n) is 10.6. The van der Waals surface area contributed by atoms with Crippen LogP contribution in [-0.4, -0.2) is 73.6 Å². The lowest BCUT2D eigenvalue weighted by molar-refractivity contribution is -0.140. The predicted molar refractivity (Wildman–Crippen MR) is 125 cm³/mol. The number of rotatable bonds is 6. The Morgan fingerprint density at radius 2 is 1.97 bits per heavy atom. The molecule has 2 aliphatic heterocycles. The maximum Gasteiger partial charge on any atom is 0.225 e. The average molecular weight is 518 g/mol.